The number of nitrogens with one attached hydrogen (secondary N) is 2. The standard InChI is InChI=1S/C9H18N2O4/c1-6(5-15-3)4-10-9(14)11-7(2)8(12)13/h6-7H,4-5H2,1-3H3,(H,12,13)(H2,10,11,14)/t6?,7-/m1/s1. The lowest BCUT2D eigenvalue weighted by molar-refractivity contribution is -0.138. The van der Waals surface area contributed by atoms with Gasteiger partial charge < -0.3 is 20.5 Å². The highest BCUT2D eigenvalue weighted by Gasteiger charge is 2.13. The average molecular weight is 218 g/mol. The van der Waals surface area contributed by atoms with Crippen molar-refractivity contribution in [2.45, 2.75) is 19.9 Å². The Kier molecular flexibility index (Phi) is 6.44. The lowest BCUT2D eigenvalue weighted by atomic mass is 10.2. The minimum absolute atomic E-state index is 0.195. The monoisotopic (exact) mass is 218 g/mol. The Labute approximate surface area is 89.0 Å². The SMILES string of the molecule is COCC(C)CNC(=O)N[C@H](C)C(=O)O. The quantitative estimate of drug-likeness (QED) is 0.587. The Morgan fingerprint density at radius 2 is 2.00 bits per heavy atom. The number of carbonyl (C=O) groups excluding carboxylic acids is 1. The Bertz CT molecular complexity index is 220. The van der Waals surface area contributed by atoms with Crippen LogP contribution in [0.2, 0.25) is 0 Å². The first-order valence-corrected chi connectivity index (χ1v) is 4.73. The van der Waals surface area contributed by atoms with E-state index >= 15 is 0 Å². The number of aliphatic carboxylic acids is 1. The molecule has 3 N–H and O–H groups in total. The van der Waals surface area contributed by atoms with Gasteiger partial charge in [0, 0.05) is 13.7 Å². The Hall–Kier alpha value is -1.30. The van der Waals surface area contributed by atoms with Gasteiger partial charge in [0.15, 0.2) is 0 Å². The number of carboxylic acid groups (broad SMARTS) is 1. The zero-order chi connectivity index (χ0) is 11.8. The van der Waals surface area contributed by atoms with Gasteiger partial charge in [-0.05, 0) is 12.8 Å². The number of ether oxygens (including phenoxy) is 1. The molecule has 0 spiro atoms. The molecule has 0 aromatic carbocycles. The summed E-state index contributed by atoms with van der Waals surface area (Å²) in [6.45, 7) is 4.33. The smallest absolute Gasteiger partial charge is 0.325 e. The lowest BCUT2D eigenvalue weighted by Crippen LogP contribution is -2.45. The molecule has 0 aliphatic carbocycles. The normalized spacial score (nSPS) is 14.1. The van der Waals surface area contributed by atoms with Gasteiger partial charge in [-0.1, -0.05) is 6.92 Å². The van der Waals surface area contributed by atoms with E-state index in [1.807, 2.05) is 6.92 Å². The highest BCUT2D eigenvalue weighted by molar-refractivity contribution is 5.82. The molecule has 0 saturated carbocycles. The maximum absolute atomic E-state index is 11.1. The third-order valence-electron chi connectivity index (χ3n) is 1.78. The van der Waals surface area contributed by atoms with Crippen molar-refractivity contribution in [1.29, 1.82) is 0 Å². The van der Waals surface area contributed by atoms with E-state index in [0.29, 0.717) is 13.2 Å². The van der Waals surface area contributed by atoms with Crippen LogP contribution in [-0.4, -0.2) is 43.4 Å². The molecule has 0 radical (unpaired) electrons. The van der Waals surface area contributed by atoms with E-state index in [1.165, 1.54) is 6.92 Å². The summed E-state index contributed by atoms with van der Waals surface area (Å²) in [4.78, 5) is 21.6. The zero-order valence-electron chi connectivity index (χ0n) is 9.24. The molecule has 2 atom stereocenters. The van der Waals surface area contributed by atoms with E-state index in [2.05, 4.69) is 10.6 Å². The van der Waals surface area contributed by atoms with Crippen molar-refractivity contribution in [3.8, 4) is 0 Å². The van der Waals surface area contributed by atoms with Crippen molar-refractivity contribution < 1.29 is 19.4 Å². The van der Waals surface area contributed by atoms with E-state index < -0.39 is 18.0 Å². The van der Waals surface area contributed by atoms with Crippen LogP contribution in [-0.2, 0) is 9.53 Å². The summed E-state index contributed by atoms with van der Waals surface area (Å²) < 4.78 is 4.89. The second-order valence-electron chi connectivity index (χ2n) is 3.47. The van der Waals surface area contributed by atoms with Gasteiger partial charge in [-0.15, -0.1) is 0 Å². The molecule has 0 heterocycles. The molecule has 15 heavy (non-hydrogen) atoms. The summed E-state index contributed by atoms with van der Waals surface area (Å²) in [7, 11) is 1.59. The molecular weight excluding hydrogens is 200 g/mol. The van der Waals surface area contributed by atoms with Crippen molar-refractivity contribution in [2.24, 2.45) is 5.92 Å². The third-order valence-corrected chi connectivity index (χ3v) is 1.78. The maximum Gasteiger partial charge on any atom is 0.325 e. The van der Waals surface area contributed by atoms with Crippen molar-refractivity contribution in [2.75, 3.05) is 20.3 Å². The van der Waals surface area contributed by atoms with Crippen molar-refractivity contribution in [1.82, 2.24) is 10.6 Å². The Morgan fingerprint density at radius 1 is 1.40 bits per heavy atom. The molecule has 0 aromatic rings. The third kappa shape index (κ3) is 6.73. The molecule has 0 rings (SSSR count). The Morgan fingerprint density at radius 3 is 2.47 bits per heavy atom. The summed E-state index contributed by atoms with van der Waals surface area (Å²) in [5.41, 5.74) is 0. The van der Waals surface area contributed by atoms with Crippen LogP contribution in [0, 0.1) is 5.92 Å². The first kappa shape index (κ1) is 13.7. The molecule has 6 heteroatoms. The molecule has 2 amide bonds. The van der Waals surface area contributed by atoms with E-state index in [9.17, 15) is 9.59 Å². The van der Waals surface area contributed by atoms with Crippen molar-refractivity contribution in [3.63, 3.8) is 0 Å². The van der Waals surface area contributed by atoms with Crippen molar-refractivity contribution >= 4 is 12.0 Å². The van der Waals surface area contributed by atoms with Crippen LogP contribution < -0.4 is 10.6 Å². The number of carbonyl (C=O) groups is 2. The fourth-order valence-electron chi connectivity index (χ4n) is 0.920. The van der Waals surface area contributed by atoms with Crippen LogP contribution in [0.4, 0.5) is 4.79 Å². The van der Waals surface area contributed by atoms with E-state index in [0.717, 1.165) is 0 Å². The molecule has 0 aromatic heterocycles. The summed E-state index contributed by atoms with van der Waals surface area (Å²) in [5, 5.41) is 13.4. The molecule has 0 bridgehead atoms. The molecule has 6 nitrogen and oxygen atoms in total. The second-order valence-corrected chi connectivity index (χ2v) is 3.47. The van der Waals surface area contributed by atoms with Gasteiger partial charge in [0.05, 0.1) is 6.61 Å². The number of methoxy groups -OCH3 is 1. The fourth-order valence-corrected chi connectivity index (χ4v) is 0.920. The van der Waals surface area contributed by atoms with Crippen LogP contribution >= 0.6 is 0 Å². The minimum atomic E-state index is -1.06. The molecule has 0 saturated heterocycles. The minimum Gasteiger partial charge on any atom is -0.480 e. The summed E-state index contributed by atoms with van der Waals surface area (Å²) in [5.74, 6) is -0.865. The number of hydrogen-bond acceptors (Lipinski definition) is 3. The summed E-state index contributed by atoms with van der Waals surface area (Å²) >= 11 is 0. The van der Waals surface area contributed by atoms with Gasteiger partial charge in [-0.2, -0.15) is 0 Å². The maximum atomic E-state index is 11.1. The largest absolute Gasteiger partial charge is 0.480 e. The van der Waals surface area contributed by atoms with Crippen LogP contribution in [0.5, 0.6) is 0 Å². The predicted octanol–water partition coefficient (Wildman–Crippen LogP) is 0.0412. The number of carboxylic acids is 1. The predicted molar refractivity (Wildman–Crippen MR) is 54.7 cm³/mol. The number of hydrogen-bond donors (Lipinski definition) is 3. The van der Waals surface area contributed by atoms with Gasteiger partial charge in [-0.25, -0.2) is 4.79 Å². The van der Waals surface area contributed by atoms with Crippen molar-refractivity contribution in [3.05, 3.63) is 0 Å². The van der Waals surface area contributed by atoms with Crippen LogP contribution in [0.25, 0.3) is 0 Å². The van der Waals surface area contributed by atoms with Crippen LogP contribution in [0.3, 0.4) is 0 Å². The van der Waals surface area contributed by atoms with Crippen LogP contribution in [0.1, 0.15) is 13.8 Å². The first-order valence-electron chi connectivity index (χ1n) is 4.73. The lowest BCUT2D eigenvalue weighted by Gasteiger charge is -2.13. The molecule has 0 fully saturated rings. The topological polar surface area (TPSA) is 87.7 Å². The van der Waals surface area contributed by atoms with E-state index in [1.54, 1.807) is 7.11 Å². The highest BCUT2D eigenvalue weighted by Crippen LogP contribution is 1.91. The highest BCUT2D eigenvalue weighted by atomic mass is 16.5. The van der Waals surface area contributed by atoms with E-state index in [-0.39, 0.29) is 5.92 Å². The molecule has 0 aliphatic heterocycles. The van der Waals surface area contributed by atoms with Crippen LogP contribution in [0.15, 0.2) is 0 Å². The summed E-state index contributed by atoms with van der Waals surface area (Å²) in [6, 6.07) is -1.37. The number of urea groups is 1. The Balaban J connectivity index is 3.70. The number of amides is 2. The van der Waals surface area contributed by atoms with Gasteiger partial charge >= 0.3 is 12.0 Å². The average Bonchev–Trinajstić information content (AvgIpc) is 2.15. The first-order chi connectivity index (χ1) is 6.97. The van der Waals surface area contributed by atoms with E-state index in [4.69, 9.17) is 9.84 Å². The molecule has 1 unspecified atom stereocenters. The summed E-state index contributed by atoms with van der Waals surface area (Å²) in [6.07, 6.45) is 0. The molecule has 0 aliphatic rings. The zero-order valence-corrected chi connectivity index (χ0v) is 9.24. The van der Waals surface area contributed by atoms with Gasteiger partial charge in [0.25, 0.3) is 0 Å². The molecular formula is C9H18N2O4. The van der Waals surface area contributed by atoms with Gasteiger partial charge in [0.1, 0.15) is 6.04 Å². The number of rotatable bonds is 6. The fraction of sp³-hybridized carbons (Fsp3) is 0.778. The molecule has 88 valence electrons. The second kappa shape index (κ2) is 7.05. The van der Waals surface area contributed by atoms with Gasteiger partial charge in [-0.3, -0.25) is 4.79 Å². The van der Waals surface area contributed by atoms with Gasteiger partial charge in [0.2, 0.25) is 0 Å².